The van der Waals surface area contributed by atoms with Crippen LogP contribution in [-0.4, -0.2) is 45.8 Å². The highest BCUT2D eigenvalue weighted by Crippen LogP contribution is 2.32. The summed E-state index contributed by atoms with van der Waals surface area (Å²) in [6.45, 7) is 2.76. The van der Waals surface area contributed by atoms with E-state index in [1.54, 1.807) is 0 Å². The Morgan fingerprint density at radius 3 is 2.12 bits per heavy atom. The molecule has 0 unspecified atom stereocenters. The summed E-state index contributed by atoms with van der Waals surface area (Å²) in [4.78, 5) is 2.54. The number of nitrogens with zero attached hydrogens (tertiary/aromatic N) is 1. The average Bonchev–Trinajstić information content (AvgIpc) is 2.56. The highest BCUT2D eigenvalue weighted by Gasteiger charge is 2.36. The SMILES string of the molecule is NCC1(N2CCS(=O)CC2)CCCCCC1. The van der Waals surface area contributed by atoms with Gasteiger partial charge in [-0.15, -0.1) is 0 Å². The fraction of sp³-hybridized carbons (Fsp3) is 1.00. The van der Waals surface area contributed by atoms with Crippen molar-refractivity contribution in [2.45, 2.75) is 44.1 Å². The molecule has 2 fully saturated rings. The van der Waals surface area contributed by atoms with E-state index in [0.717, 1.165) is 31.1 Å². The van der Waals surface area contributed by atoms with Crippen LogP contribution in [0.15, 0.2) is 0 Å². The van der Waals surface area contributed by atoms with Crippen LogP contribution in [0.1, 0.15) is 38.5 Å². The van der Waals surface area contributed by atoms with Gasteiger partial charge in [0.15, 0.2) is 0 Å². The van der Waals surface area contributed by atoms with Crippen molar-refractivity contribution < 1.29 is 4.21 Å². The molecular formula is C12H24N2OS. The second kappa shape index (κ2) is 5.61. The molecule has 1 aliphatic heterocycles. The lowest BCUT2D eigenvalue weighted by molar-refractivity contribution is 0.0883. The lowest BCUT2D eigenvalue weighted by Crippen LogP contribution is -2.57. The summed E-state index contributed by atoms with van der Waals surface area (Å²) < 4.78 is 11.4. The lowest BCUT2D eigenvalue weighted by atomic mass is 9.88. The molecule has 0 bridgehead atoms. The van der Waals surface area contributed by atoms with Gasteiger partial charge >= 0.3 is 0 Å². The third kappa shape index (κ3) is 2.66. The zero-order valence-electron chi connectivity index (χ0n) is 10.1. The monoisotopic (exact) mass is 244 g/mol. The molecule has 2 rings (SSSR count). The van der Waals surface area contributed by atoms with E-state index in [0.29, 0.717) is 0 Å². The predicted octanol–water partition coefficient (Wildman–Crippen LogP) is 1.10. The summed E-state index contributed by atoms with van der Waals surface area (Å²) in [7, 11) is -0.572. The van der Waals surface area contributed by atoms with Gasteiger partial charge in [-0.05, 0) is 12.8 Å². The third-order valence-corrected chi connectivity index (χ3v) is 5.54. The first-order chi connectivity index (χ1) is 7.77. The molecule has 0 spiro atoms. The Bertz CT molecular complexity index is 239. The van der Waals surface area contributed by atoms with E-state index in [1.807, 2.05) is 0 Å². The largest absolute Gasteiger partial charge is 0.329 e. The summed E-state index contributed by atoms with van der Waals surface area (Å²) in [5, 5.41) is 0. The summed E-state index contributed by atoms with van der Waals surface area (Å²) in [5.41, 5.74) is 6.29. The number of rotatable bonds is 2. The van der Waals surface area contributed by atoms with Crippen LogP contribution in [-0.2, 0) is 10.8 Å². The van der Waals surface area contributed by atoms with Crippen molar-refractivity contribution in [2.75, 3.05) is 31.1 Å². The molecule has 0 amide bonds. The van der Waals surface area contributed by atoms with Crippen LogP contribution >= 0.6 is 0 Å². The number of nitrogens with two attached hydrogens (primary N) is 1. The van der Waals surface area contributed by atoms with E-state index in [-0.39, 0.29) is 5.54 Å². The van der Waals surface area contributed by atoms with Crippen LogP contribution in [0.4, 0.5) is 0 Å². The average molecular weight is 244 g/mol. The van der Waals surface area contributed by atoms with E-state index in [4.69, 9.17) is 5.73 Å². The molecule has 2 aliphatic rings. The maximum absolute atomic E-state index is 11.4. The van der Waals surface area contributed by atoms with Gasteiger partial charge in [0.1, 0.15) is 0 Å². The Balaban J connectivity index is 2.03. The molecule has 1 aliphatic carbocycles. The van der Waals surface area contributed by atoms with Crippen LogP contribution in [0.3, 0.4) is 0 Å². The van der Waals surface area contributed by atoms with Crippen LogP contribution < -0.4 is 5.73 Å². The Labute approximate surface area is 101 Å². The van der Waals surface area contributed by atoms with Crippen LogP contribution in [0.2, 0.25) is 0 Å². The van der Waals surface area contributed by atoms with Crippen molar-refractivity contribution in [1.29, 1.82) is 0 Å². The van der Waals surface area contributed by atoms with Crippen molar-refractivity contribution in [2.24, 2.45) is 5.73 Å². The van der Waals surface area contributed by atoms with Gasteiger partial charge in [-0.3, -0.25) is 9.11 Å². The molecule has 0 aromatic rings. The van der Waals surface area contributed by atoms with E-state index in [2.05, 4.69) is 4.90 Å². The van der Waals surface area contributed by atoms with Gasteiger partial charge in [0.2, 0.25) is 0 Å². The maximum Gasteiger partial charge on any atom is 0.0363 e. The van der Waals surface area contributed by atoms with E-state index in [9.17, 15) is 4.21 Å². The highest BCUT2D eigenvalue weighted by molar-refractivity contribution is 7.85. The molecule has 16 heavy (non-hydrogen) atoms. The van der Waals surface area contributed by atoms with Crippen molar-refractivity contribution in [3.05, 3.63) is 0 Å². The molecule has 0 radical (unpaired) electrons. The molecule has 0 aromatic carbocycles. The van der Waals surface area contributed by atoms with Crippen LogP contribution in [0.25, 0.3) is 0 Å². The topological polar surface area (TPSA) is 46.3 Å². The van der Waals surface area contributed by atoms with Crippen molar-refractivity contribution in [1.82, 2.24) is 4.90 Å². The fourth-order valence-corrected chi connectivity index (χ4v) is 4.20. The lowest BCUT2D eigenvalue weighted by Gasteiger charge is -2.45. The zero-order valence-corrected chi connectivity index (χ0v) is 10.9. The van der Waals surface area contributed by atoms with E-state index in [1.165, 1.54) is 38.5 Å². The molecule has 1 saturated carbocycles. The minimum Gasteiger partial charge on any atom is -0.329 e. The summed E-state index contributed by atoms with van der Waals surface area (Å²) >= 11 is 0. The minimum atomic E-state index is -0.572. The van der Waals surface area contributed by atoms with Gasteiger partial charge < -0.3 is 5.73 Å². The first-order valence-corrected chi connectivity index (χ1v) is 8.06. The molecule has 1 saturated heterocycles. The normalized spacial score (nSPS) is 28.8. The van der Waals surface area contributed by atoms with Gasteiger partial charge in [-0.1, -0.05) is 25.7 Å². The van der Waals surface area contributed by atoms with Gasteiger partial charge in [-0.25, -0.2) is 0 Å². The standard InChI is InChI=1S/C12H24N2OS/c13-11-12(5-3-1-2-4-6-12)14-7-9-16(15)10-8-14/h1-11,13H2. The molecule has 4 heteroatoms. The summed E-state index contributed by atoms with van der Waals surface area (Å²) in [6, 6.07) is 0. The Morgan fingerprint density at radius 2 is 1.62 bits per heavy atom. The van der Waals surface area contributed by atoms with Crippen LogP contribution in [0, 0.1) is 0 Å². The minimum absolute atomic E-state index is 0.237. The van der Waals surface area contributed by atoms with E-state index < -0.39 is 10.8 Å². The predicted molar refractivity (Wildman–Crippen MR) is 68.9 cm³/mol. The smallest absolute Gasteiger partial charge is 0.0363 e. The van der Waals surface area contributed by atoms with Gasteiger partial charge in [0.25, 0.3) is 0 Å². The van der Waals surface area contributed by atoms with Gasteiger partial charge in [-0.2, -0.15) is 0 Å². The first-order valence-electron chi connectivity index (χ1n) is 6.57. The third-order valence-electron chi connectivity index (χ3n) is 4.26. The van der Waals surface area contributed by atoms with E-state index >= 15 is 0 Å². The molecule has 94 valence electrons. The van der Waals surface area contributed by atoms with Crippen molar-refractivity contribution in [3.8, 4) is 0 Å². The highest BCUT2D eigenvalue weighted by atomic mass is 32.2. The summed E-state index contributed by atoms with van der Waals surface area (Å²) in [5.74, 6) is 1.70. The molecule has 2 N–H and O–H groups in total. The van der Waals surface area contributed by atoms with Gasteiger partial charge in [0.05, 0.1) is 0 Å². The Morgan fingerprint density at radius 1 is 1.06 bits per heavy atom. The molecule has 0 aromatic heterocycles. The second-order valence-electron chi connectivity index (χ2n) is 5.18. The molecule has 0 atom stereocenters. The Kier molecular flexibility index (Phi) is 4.39. The Hall–Kier alpha value is 0.0700. The molecule has 3 nitrogen and oxygen atoms in total. The van der Waals surface area contributed by atoms with Crippen molar-refractivity contribution in [3.63, 3.8) is 0 Å². The number of hydrogen-bond donors (Lipinski definition) is 1. The molecule has 1 heterocycles. The maximum atomic E-state index is 11.4. The zero-order chi connectivity index (χ0) is 11.4. The van der Waals surface area contributed by atoms with Crippen molar-refractivity contribution >= 4 is 10.8 Å². The second-order valence-corrected chi connectivity index (χ2v) is 6.87. The van der Waals surface area contributed by atoms with Crippen LogP contribution in [0.5, 0.6) is 0 Å². The quantitative estimate of drug-likeness (QED) is 0.740. The van der Waals surface area contributed by atoms with Gasteiger partial charge in [0, 0.05) is 47.5 Å². The molecular weight excluding hydrogens is 220 g/mol. The summed E-state index contributed by atoms with van der Waals surface area (Å²) in [6.07, 6.45) is 7.85. The first kappa shape index (κ1) is 12.5. The number of hydrogen-bond acceptors (Lipinski definition) is 3. The fourth-order valence-electron chi connectivity index (χ4n) is 3.15.